The molecule has 0 fully saturated rings. The third-order valence-electron chi connectivity index (χ3n) is 4.82. The van der Waals surface area contributed by atoms with Crippen LogP contribution in [0.4, 0.5) is 0 Å². The summed E-state index contributed by atoms with van der Waals surface area (Å²) in [6, 6.07) is 22.2. The molecule has 0 saturated heterocycles. The summed E-state index contributed by atoms with van der Waals surface area (Å²) < 4.78 is 7.21. The molecule has 1 heterocycles. The Labute approximate surface area is 163 Å². The molecule has 3 aromatic carbocycles. The summed E-state index contributed by atoms with van der Waals surface area (Å²) in [5.41, 5.74) is 3.76. The number of rotatable bonds is 6. The number of nitrogens with zero attached hydrogens (tertiary/aromatic N) is 2. The topological polar surface area (TPSA) is 67.5 Å². The number of aliphatic hydroxyl groups is 2. The Balaban J connectivity index is 1.86. The zero-order valence-corrected chi connectivity index (χ0v) is 15.6. The standard InChI is InChI=1S/C23H22N2O3/c1-28-21-10-9-17-11-19(8-7-18(17)12-21)23-22(16-5-3-2-4-6-16)24-15-25(23)13-20(27)14-26/h2-12,15,20,26-27H,13-14H2,1H3/t20-/m0/s1. The zero-order chi connectivity index (χ0) is 19.5. The van der Waals surface area contributed by atoms with Crippen LogP contribution >= 0.6 is 0 Å². The number of methoxy groups -OCH3 is 1. The molecule has 0 aliphatic heterocycles. The SMILES string of the molecule is COc1ccc2cc(-c3c(-c4ccccc4)ncn3C[C@H](O)CO)ccc2c1. The summed E-state index contributed by atoms with van der Waals surface area (Å²) >= 11 is 0. The normalized spacial score (nSPS) is 12.2. The molecule has 1 atom stereocenters. The molecule has 4 aromatic rings. The van der Waals surface area contributed by atoms with Crippen LogP contribution < -0.4 is 4.74 Å². The number of aliphatic hydroxyl groups excluding tert-OH is 2. The average Bonchev–Trinajstić information content (AvgIpc) is 3.16. The Kier molecular flexibility index (Phi) is 5.10. The van der Waals surface area contributed by atoms with Gasteiger partial charge in [0, 0.05) is 11.1 Å². The van der Waals surface area contributed by atoms with Crippen molar-refractivity contribution in [2.45, 2.75) is 12.6 Å². The maximum Gasteiger partial charge on any atom is 0.119 e. The highest BCUT2D eigenvalue weighted by Crippen LogP contribution is 2.33. The minimum atomic E-state index is -0.846. The summed E-state index contributed by atoms with van der Waals surface area (Å²) in [6.45, 7) is -0.0257. The molecular formula is C23H22N2O3. The lowest BCUT2D eigenvalue weighted by Crippen LogP contribution is -2.19. The fraction of sp³-hybridized carbons (Fsp3) is 0.174. The van der Waals surface area contributed by atoms with Crippen molar-refractivity contribution in [3.05, 3.63) is 73.1 Å². The predicted octanol–water partition coefficient (Wildman–Crippen LogP) is 3.73. The van der Waals surface area contributed by atoms with Crippen molar-refractivity contribution < 1.29 is 14.9 Å². The van der Waals surface area contributed by atoms with E-state index in [1.165, 1.54) is 0 Å². The molecule has 28 heavy (non-hydrogen) atoms. The van der Waals surface area contributed by atoms with E-state index in [4.69, 9.17) is 4.74 Å². The fourth-order valence-corrected chi connectivity index (χ4v) is 3.41. The van der Waals surface area contributed by atoms with Crippen molar-refractivity contribution in [3.8, 4) is 28.3 Å². The van der Waals surface area contributed by atoms with Crippen molar-refractivity contribution in [3.63, 3.8) is 0 Å². The van der Waals surface area contributed by atoms with Crippen LogP contribution in [-0.4, -0.2) is 39.6 Å². The van der Waals surface area contributed by atoms with E-state index in [2.05, 4.69) is 17.1 Å². The maximum atomic E-state index is 9.98. The van der Waals surface area contributed by atoms with E-state index in [0.717, 1.165) is 39.0 Å². The van der Waals surface area contributed by atoms with Crippen molar-refractivity contribution in [2.24, 2.45) is 0 Å². The summed E-state index contributed by atoms with van der Waals surface area (Å²) in [5, 5.41) is 21.4. The van der Waals surface area contributed by atoms with Crippen LogP contribution in [0.25, 0.3) is 33.3 Å². The van der Waals surface area contributed by atoms with Crippen LogP contribution in [0.2, 0.25) is 0 Å². The van der Waals surface area contributed by atoms with Crippen LogP contribution in [0, 0.1) is 0 Å². The highest BCUT2D eigenvalue weighted by molar-refractivity contribution is 5.90. The molecule has 0 amide bonds. The average molecular weight is 374 g/mol. The second-order valence-corrected chi connectivity index (χ2v) is 6.72. The first-order valence-corrected chi connectivity index (χ1v) is 9.17. The highest BCUT2D eigenvalue weighted by Gasteiger charge is 2.17. The Bertz CT molecular complexity index is 1090. The quantitative estimate of drug-likeness (QED) is 0.540. The van der Waals surface area contributed by atoms with Gasteiger partial charge in [-0.2, -0.15) is 0 Å². The first-order chi connectivity index (χ1) is 13.7. The molecule has 0 aliphatic carbocycles. The fourth-order valence-electron chi connectivity index (χ4n) is 3.41. The van der Waals surface area contributed by atoms with Gasteiger partial charge in [0.25, 0.3) is 0 Å². The molecule has 0 unspecified atom stereocenters. The van der Waals surface area contributed by atoms with Gasteiger partial charge in [-0.1, -0.05) is 48.5 Å². The lowest BCUT2D eigenvalue weighted by Gasteiger charge is -2.14. The highest BCUT2D eigenvalue weighted by atomic mass is 16.5. The zero-order valence-electron chi connectivity index (χ0n) is 15.6. The van der Waals surface area contributed by atoms with E-state index in [9.17, 15) is 10.2 Å². The molecule has 0 saturated carbocycles. The number of benzene rings is 3. The molecule has 1 aromatic heterocycles. The molecule has 142 valence electrons. The molecule has 5 heteroatoms. The molecule has 0 spiro atoms. The monoisotopic (exact) mass is 374 g/mol. The van der Waals surface area contributed by atoms with E-state index in [-0.39, 0.29) is 13.2 Å². The Morgan fingerprint density at radius 2 is 1.71 bits per heavy atom. The Morgan fingerprint density at radius 1 is 0.964 bits per heavy atom. The summed E-state index contributed by atoms with van der Waals surface area (Å²) in [6.07, 6.45) is 0.871. The van der Waals surface area contributed by atoms with Gasteiger partial charge in [-0.15, -0.1) is 0 Å². The lowest BCUT2D eigenvalue weighted by molar-refractivity contribution is 0.0815. The molecule has 0 bridgehead atoms. The minimum absolute atomic E-state index is 0.270. The lowest BCUT2D eigenvalue weighted by atomic mass is 10.0. The summed E-state index contributed by atoms with van der Waals surface area (Å²) in [4.78, 5) is 4.61. The second-order valence-electron chi connectivity index (χ2n) is 6.72. The van der Waals surface area contributed by atoms with Crippen LogP contribution in [0.5, 0.6) is 5.75 Å². The number of hydrogen-bond donors (Lipinski definition) is 2. The minimum Gasteiger partial charge on any atom is -0.497 e. The van der Waals surface area contributed by atoms with Crippen molar-refractivity contribution in [1.82, 2.24) is 9.55 Å². The van der Waals surface area contributed by atoms with Gasteiger partial charge >= 0.3 is 0 Å². The third kappa shape index (κ3) is 3.50. The number of hydrogen-bond acceptors (Lipinski definition) is 4. The molecule has 0 aliphatic rings. The predicted molar refractivity (Wildman–Crippen MR) is 110 cm³/mol. The summed E-state index contributed by atoms with van der Waals surface area (Å²) in [7, 11) is 1.66. The van der Waals surface area contributed by atoms with Crippen molar-refractivity contribution in [2.75, 3.05) is 13.7 Å². The van der Waals surface area contributed by atoms with Gasteiger partial charge in [0.2, 0.25) is 0 Å². The summed E-state index contributed by atoms with van der Waals surface area (Å²) in [5.74, 6) is 0.821. The van der Waals surface area contributed by atoms with E-state index >= 15 is 0 Å². The van der Waals surface area contributed by atoms with E-state index < -0.39 is 6.10 Å². The van der Waals surface area contributed by atoms with Crippen LogP contribution in [-0.2, 0) is 6.54 Å². The van der Waals surface area contributed by atoms with Crippen LogP contribution in [0.15, 0.2) is 73.1 Å². The van der Waals surface area contributed by atoms with Gasteiger partial charge in [-0.05, 0) is 29.0 Å². The number of aromatic nitrogens is 2. The molecule has 2 N–H and O–H groups in total. The van der Waals surface area contributed by atoms with Gasteiger partial charge in [-0.3, -0.25) is 0 Å². The van der Waals surface area contributed by atoms with Gasteiger partial charge in [0.15, 0.2) is 0 Å². The number of ether oxygens (including phenoxy) is 1. The number of fused-ring (bicyclic) bond motifs is 1. The smallest absolute Gasteiger partial charge is 0.119 e. The molecule has 5 nitrogen and oxygen atoms in total. The van der Waals surface area contributed by atoms with E-state index in [1.54, 1.807) is 13.4 Å². The van der Waals surface area contributed by atoms with Gasteiger partial charge in [0.05, 0.1) is 44.1 Å². The van der Waals surface area contributed by atoms with Gasteiger partial charge < -0.3 is 19.5 Å². The van der Waals surface area contributed by atoms with Crippen LogP contribution in [0.1, 0.15) is 0 Å². The largest absolute Gasteiger partial charge is 0.497 e. The molecular weight excluding hydrogens is 352 g/mol. The Hall–Kier alpha value is -3.15. The first kappa shape index (κ1) is 18.2. The molecule has 4 rings (SSSR count). The van der Waals surface area contributed by atoms with Crippen molar-refractivity contribution in [1.29, 1.82) is 0 Å². The van der Waals surface area contributed by atoms with Crippen LogP contribution in [0.3, 0.4) is 0 Å². The molecule has 0 radical (unpaired) electrons. The first-order valence-electron chi connectivity index (χ1n) is 9.17. The number of imidazole rings is 1. The van der Waals surface area contributed by atoms with Crippen molar-refractivity contribution >= 4 is 10.8 Å². The van der Waals surface area contributed by atoms with Gasteiger partial charge in [-0.25, -0.2) is 4.98 Å². The van der Waals surface area contributed by atoms with E-state index in [0.29, 0.717) is 0 Å². The second kappa shape index (κ2) is 7.84. The maximum absolute atomic E-state index is 9.98. The van der Waals surface area contributed by atoms with Gasteiger partial charge in [0.1, 0.15) is 5.75 Å². The van der Waals surface area contributed by atoms with E-state index in [1.807, 2.05) is 59.2 Å². The third-order valence-corrected chi connectivity index (χ3v) is 4.82. The Morgan fingerprint density at radius 3 is 2.46 bits per heavy atom.